The van der Waals surface area contributed by atoms with Crippen LogP contribution in [0.3, 0.4) is 0 Å². The van der Waals surface area contributed by atoms with E-state index in [4.69, 9.17) is 0 Å². The number of methoxy groups -OCH3 is 1. The molecule has 0 spiro atoms. The maximum Gasteiger partial charge on any atom is 0.309 e. The molecule has 7 heteroatoms. The van der Waals surface area contributed by atoms with Crippen molar-refractivity contribution >= 4 is 16.1 Å². The number of hydrogen-bond acceptors (Lipinski definition) is 5. The Morgan fingerprint density at radius 3 is 2.44 bits per heavy atom. The van der Waals surface area contributed by atoms with Gasteiger partial charge in [-0.25, -0.2) is 4.39 Å². The van der Waals surface area contributed by atoms with Gasteiger partial charge < -0.3 is 4.74 Å². The van der Waals surface area contributed by atoms with E-state index in [0.717, 1.165) is 0 Å². The van der Waals surface area contributed by atoms with Crippen LogP contribution < -0.4 is 0 Å². The summed E-state index contributed by atoms with van der Waals surface area (Å²) in [6, 6.07) is -1.59. The maximum atomic E-state index is 12.0. The summed E-state index contributed by atoms with van der Waals surface area (Å²) < 4.78 is 42.6. The third kappa shape index (κ3) is 5.22. The van der Waals surface area contributed by atoms with Crippen LogP contribution in [0.2, 0.25) is 0 Å². The number of allylic oxidation sites excluding steroid dienone is 1. The number of halogens is 1. The highest BCUT2D eigenvalue weighted by molar-refractivity contribution is 7.86. The molecule has 16 heavy (non-hydrogen) atoms. The Morgan fingerprint density at radius 2 is 2.06 bits per heavy atom. The molecule has 94 valence electrons. The molecule has 0 aromatic heterocycles. The summed E-state index contributed by atoms with van der Waals surface area (Å²) in [4.78, 5) is 11.0. The van der Waals surface area contributed by atoms with Crippen LogP contribution in [0.1, 0.15) is 20.3 Å². The van der Waals surface area contributed by atoms with E-state index in [0.29, 0.717) is 5.57 Å². The van der Waals surface area contributed by atoms with E-state index in [1.54, 1.807) is 6.92 Å². The average Bonchev–Trinajstić information content (AvgIpc) is 2.24. The van der Waals surface area contributed by atoms with Gasteiger partial charge in [0.2, 0.25) is 6.01 Å². The van der Waals surface area contributed by atoms with E-state index in [1.165, 1.54) is 20.1 Å². The van der Waals surface area contributed by atoms with E-state index >= 15 is 0 Å². The van der Waals surface area contributed by atoms with Gasteiger partial charge in [-0.2, -0.15) is 8.42 Å². The van der Waals surface area contributed by atoms with Crippen molar-refractivity contribution in [3.8, 4) is 0 Å². The smallest absolute Gasteiger partial charge is 0.309 e. The molecule has 0 saturated heterocycles. The van der Waals surface area contributed by atoms with Gasteiger partial charge in [-0.05, 0) is 19.4 Å². The molecular weight excluding hydrogens is 239 g/mol. The minimum Gasteiger partial charge on any atom is -0.469 e. The monoisotopic (exact) mass is 254 g/mol. The predicted molar refractivity (Wildman–Crippen MR) is 55.8 cm³/mol. The Morgan fingerprint density at radius 1 is 1.50 bits per heavy atom. The maximum absolute atomic E-state index is 12.0. The number of ether oxygens (including phenoxy) is 1. The molecule has 0 aliphatic rings. The fourth-order valence-electron chi connectivity index (χ4n) is 1.03. The molecule has 5 nitrogen and oxygen atoms in total. The summed E-state index contributed by atoms with van der Waals surface area (Å²) in [6.07, 6.45) is 0.565. The molecule has 0 bridgehead atoms. The number of alkyl halides is 1. The highest BCUT2D eigenvalue weighted by atomic mass is 32.2. The van der Waals surface area contributed by atoms with Gasteiger partial charge in [0.25, 0.3) is 10.1 Å². The van der Waals surface area contributed by atoms with Gasteiger partial charge in [-0.15, -0.1) is 0 Å². The van der Waals surface area contributed by atoms with Gasteiger partial charge >= 0.3 is 5.97 Å². The van der Waals surface area contributed by atoms with E-state index < -0.39 is 28.2 Å². The molecule has 0 heterocycles. The number of rotatable bonds is 6. The van der Waals surface area contributed by atoms with Crippen molar-refractivity contribution < 1.29 is 26.5 Å². The lowest BCUT2D eigenvalue weighted by Crippen LogP contribution is -2.20. The van der Waals surface area contributed by atoms with E-state index in [9.17, 15) is 17.6 Å². The van der Waals surface area contributed by atoms with Crippen molar-refractivity contribution in [1.29, 1.82) is 0 Å². The molecule has 0 aromatic carbocycles. The summed E-state index contributed by atoms with van der Waals surface area (Å²) in [5, 5.41) is 0. The first-order valence-corrected chi connectivity index (χ1v) is 6.12. The zero-order valence-electron chi connectivity index (χ0n) is 9.40. The van der Waals surface area contributed by atoms with Crippen LogP contribution >= 0.6 is 0 Å². The summed E-state index contributed by atoms with van der Waals surface area (Å²) in [5.74, 6) is -0.513. The molecule has 0 aliphatic heterocycles. The number of carbonyl (C=O) groups excluding carboxylic acids is 1. The van der Waals surface area contributed by atoms with Gasteiger partial charge in [-0.1, -0.05) is 6.08 Å². The van der Waals surface area contributed by atoms with Crippen LogP contribution in [0.25, 0.3) is 0 Å². The van der Waals surface area contributed by atoms with Gasteiger partial charge in [0.05, 0.1) is 19.6 Å². The van der Waals surface area contributed by atoms with Crippen LogP contribution in [0, 0.1) is 0 Å². The average molecular weight is 254 g/mol. The SMILES string of the molecule is C/C=C(/CC(=O)OC)[C@H](C)OS(=O)(=O)CF. The minimum absolute atomic E-state index is 0.0873. The van der Waals surface area contributed by atoms with Gasteiger partial charge in [0.15, 0.2) is 0 Å². The molecule has 0 rings (SSSR count). The van der Waals surface area contributed by atoms with Crippen molar-refractivity contribution in [1.82, 2.24) is 0 Å². The van der Waals surface area contributed by atoms with Crippen molar-refractivity contribution in [3.63, 3.8) is 0 Å². The third-order valence-corrected chi connectivity index (χ3v) is 2.74. The molecule has 0 fully saturated rings. The van der Waals surface area contributed by atoms with Gasteiger partial charge in [-0.3, -0.25) is 8.98 Å². The highest BCUT2D eigenvalue weighted by Gasteiger charge is 2.20. The Kier molecular flexibility index (Phi) is 6.20. The fourth-order valence-corrected chi connectivity index (χ4v) is 1.64. The summed E-state index contributed by atoms with van der Waals surface area (Å²) in [6.45, 7) is 3.05. The van der Waals surface area contributed by atoms with Crippen molar-refractivity contribution in [3.05, 3.63) is 11.6 Å². The summed E-state index contributed by atoms with van der Waals surface area (Å²) in [5.41, 5.74) is 0.420. The van der Waals surface area contributed by atoms with Crippen molar-refractivity contribution in [2.75, 3.05) is 13.1 Å². The van der Waals surface area contributed by atoms with Crippen LogP contribution in [0.4, 0.5) is 4.39 Å². The highest BCUT2D eigenvalue weighted by Crippen LogP contribution is 2.14. The van der Waals surface area contributed by atoms with E-state index in [1.807, 2.05) is 0 Å². The second kappa shape index (κ2) is 6.59. The largest absolute Gasteiger partial charge is 0.469 e. The Bertz CT molecular complexity index is 360. The molecule has 0 aliphatic carbocycles. The molecule has 0 radical (unpaired) electrons. The van der Waals surface area contributed by atoms with E-state index in [-0.39, 0.29) is 6.42 Å². The predicted octanol–water partition coefficient (Wildman–Crippen LogP) is 1.16. The molecular formula is C9H15FO5S. The molecule has 0 amide bonds. The number of carbonyl (C=O) groups is 1. The fraction of sp³-hybridized carbons (Fsp3) is 0.667. The second-order valence-corrected chi connectivity index (χ2v) is 4.55. The second-order valence-electron chi connectivity index (χ2n) is 3.02. The first-order valence-electron chi connectivity index (χ1n) is 4.55. The first-order chi connectivity index (χ1) is 7.36. The van der Waals surface area contributed by atoms with Crippen LogP contribution in [-0.4, -0.2) is 33.6 Å². The minimum atomic E-state index is -4.18. The zero-order chi connectivity index (χ0) is 12.8. The molecule has 0 N–H and O–H groups in total. The van der Waals surface area contributed by atoms with Crippen LogP contribution in [0.15, 0.2) is 11.6 Å². The molecule has 0 aromatic rings. The summed E-state index contributed by atoms with van der Waals surface area (Å²) >= 11 is 0. The molecule has 0 saturated carbocycles. The van der Waals surface area contributed by atoms with Gasteiger partial charge in [0, 0.05) is 0 Å². The normalized spacial score (nSPS) is 14.6. The quantitative estimate of drug-likeness (QED) is 0.404. The lowest BCUT2D eigenvalue weighted by molar-refractivity contribution is -0.140. The lowest BCUT2D eigenvalue weighted by Gasteiger charge is -2.14. The van der Waals surface area contributed by atoms with Gasteiger partial charge in [0.1, 0.15) is 0 Å². The first kappa shape index (κ1) is 15.0. The summed E-state index contributed by atoms with van der Waals surface area (Å²) in [7, 11) is -2.95. The van der Waals surface area contributed by atoms with E-state index in [2.05, 4.69) is 8.92 Å². The molecule has 0 unspecified atom stereocenters. The topological polar surface area (TPSA) is 69.7 Å². The lowest BCUT2D eigenvalue weighted by atomic mass is 10.1. The Balaban J connectivity index is 4.57. The third-order valence-electron chi connectivity index (χ3n) is 1.89. The zero-order valence-corrected chi connectivity index (χ0v) is 10.2. The molecule has 1 atom stereocenters. The van der Waals surface area contributed by atoms with Crippen molar-refractivity contribution in [2.45, 2.75) is 26.4 Å². The standard InChI is InChI=1S/C9H15FO5S/c1-4-8(5-9(11)14-3)7(2)15-16(12,13)6-10/h4,7H,5-6H2,1-3H3/b8-4-/t7-/m0/s1. The number of hydrogen-bond donors (Lipinski definition) is 0. The Hall–Kier alpha value is -0.950. The van der Waals surface area contributed by atoms with Crippen molar-refractivity contribution in [2.24, 2.45) is 0 Å². The van der Waals surface area contributed by atoms with Crippen LogP contribution in [-0.2, 0) is 23.8 Å². The van der Waals surface area contributed by atoms with Crippen LogP contribution in [0.5, 0.6) is 0 Å². The Labute approximate surface area is 94.4 Å². The number of esters is 1.